The average Bonchev–Trinajstić information content (AvgIpc) is 2.90. The minimum Gasteiger partial charge on any atom is -0.381 e. The molecule has 3 rings (SSSR count). The third-order valence-corrected chi connectivity index (χ3v) is 4.44. The summed E-state index contributed by atoms with van der Waals surface area (Å²) in [4.78, 5) is 12.2. The van der Waals surface area contributed by atoms with Gasteiger partial charge in [-0.05, 0) is 36.8 Å². The molecule has 1 fully saturated rings. The van der Waals surface area contributed by atoms with Gasteiger partial charge >= 0.3 is 0 Å². The Kier molecular flexibility index (Phi) is 3.81. The van der Waals surface area contributed by atoms with Crippen molar-refractivity contribution in [3.63, 3.8) is 0 Å². The maximum Gasteiger partial charge on any atom is 0.244 e. The maximum absolute atomic E-state index is 12.2. The first-order chi connectivity index (χ1) is 9.72. The molecule has 1 aliphatic carbocycles. The van der Waals surface area contributed by atoms with Gasteiger partial charge < -0.3 is 16.0 Å². The summed E-state index contributed by atoms with van der Waals surface area (Å²) in [6.45, 7) is 3.76. The number of para-hydroxylation sites is 2. The van der Waals surface area contributed by atoms with Crippen molar-refractivity contribution in [2.45, 2.75) is 32.2 Å². The molecule has 3 atom stereocenters. The summed E-state index contributed by atoms with van der Waals surface area (Å²) < 4.78 is 0. The molecular weight excluding hydrogens is 250 g/mol. The summed E-state index contributed by atoms with van der Waals surface area (Å²) in [7, 11) is 0. The van der Waals surface area contributed by atoms with Crippen LogP contribution in [-0.4, -0.2) is 25.0 Å². The standard InChI is InChI=1S/C16H23N3O/c1-11-6-7-12(8-11)9-18-16(20)15-10-17-13-4-2-3-5-14(13)19-15/h2-5,11-12,15,17,19H,6-10H2,1H3,(H,18,20). The van der Waals surface area contributed by atoms with Crippen molar-refractivity contribution in [3.05, 3.63) is 24.3 Å². The Morgan fingerprint density at radius 1 is 1.30 bits per heavy atom. The van der Waals surface area contributed by atoms with Crippen LogP contribution in [0.2, 0.25) is 0 Å². The lowest BCUT2D eigenvalue weighted by atomic mass is 10.1. The van der Waals surface area contributed by atoms with Crippen molar-refractivity contribution < 1.29 is 4.79 Å². The minimum absolute atomic E-state index is 0.103. The molecule has 20 heavy (non-hydrogen) atoms. The number of anilines is 2. The van der Waals surface area contributed by atoms with Crippen molar-refractivity contribution >= 4 is 17.3 Å². The number of nitrogens with one attached hydrogen (secondary N) is 3. The zero-order valence-electron chi connectivity index (χ0n) is 12.0. The molecule has 4 nitrogen and oxygen atoms in total. The van der Waals surface area contributed by atoms with E-state index in [0.29, 0.717) is 12.5 Å². The van der Waals surface area contributed by atoms with E-state index in [9.17, 15) is 4.79 Å². The van der Waals surface area contributed by atoms with Crippen molar-refractivity contribution in [1.82, 2.24) is 5.32 Å². The molecule has 0 bridgehead atoms. The van der Waals surface area contributed by atoms with Crippen LogP contribution in [0.15, 0.2) is 24.3 Å². The lowest BCUT2D eigenvalue weighted by molar-refractivity contribution is -0.121. The minimum atomic E-state index is -0.177. The molecule has 1 amide bonds. The van der Waals surface area contributed by atoms with Crippen LogP contribution in [-0.2, 0) is 4.79 Å². The summed E-state index contributed by atoms with van der Waals surface area (Å²) in [5.74, 6) is 1.59. The molecule has 108 valence electrons. The molecule has 2 aliphatic rings. The van der Waals surface area contributed by atoms with Gasteiger partial charge in [-0.3, -0.25) is 4.79 Å². The van der Waals surface area contributed by atoms with Gasteiger partial charge in [0, 0.05) is 13.1 Å². The molecule has 0 spiro atoms. The highest BCUT2D eigenvalue weighted by Gasteiger charge is 2.25. The van der Waals surface area contributed by atoms with Crippen molar-refractivity contribution in [2.75, 3.05) is 23.7 Å². The Morgan fingerprint density at radius 3 is 2.85 bits per heavy atom. The molecule has 3 N–H and O–H groups in total. The average molecular weight is 273 g/mol. The lowest BCUT2D eigenvalue weighted by Gasteiger charge is -2.27. The highest BCUT2D eigenvalue weighted by Crippen LogP contribution is 2.29. The van der Waals surface area contributed by atoms with Crippen molar-refractivity contribution in [1.29, 1.82) is 0 Å². The second kappa shape index (κ2) is 5.73. The molecule has 0 aromatic heterocycles. The van der Waals surface area contributed by atoms with Gasteiger partial charge in [-0.1, -0.05) is 25.5 Å². The number of benzene rings is 1. The summed E-state index contributed by atoms with van der Waals surface area (Å²) in [6, 6.07) is 7.82. The molecule has 1 saturated carbocycles. The summed E-state index contributed by atoms with van der Waals surface area (Å²) in [5.41, 5.74) is 2.08. The number of fused-ring (bicyclic) bond motifs is 1. The topological polar surface area (TPSA) is 53.2 Å². The number of hydrogen-bond donors (Lipinski definition) is 3. The molecule has 1 aromatic carbocycles. The van der Waals surface area contributed by atoms with Gasteiger partial charge in [0.05, 0.1) is 11.4 Å². The monoisotopic (exact) mass is 273 g/mol. The number of rotatable bonds is 3. The molecule has 4 heteroatoms. The maximum atomic E-state index is 12.2. The highest BCUT2D eigenvalue weighted by molar-refractivity contribution is 5.88. The first kappa shape index (κ1) is 13.3. The van der Waals surface area contributed by atoms with Crippen LogP contribution in [0, 0.1) is 11.8 Å². The Balaban J connectivity index is 1.51. The summed E-state index contributed by atoms with van der Waals surface area (Å²) >= 11 is 0. The molecule has 0 saturated heterocycles. The molecule has 1 heterocycles. The smallest absolute Gasteiger partial charge is 0.244 e. The fraction of sp³-hybridized carbons (Fsp3) is 0.562. The lowest BCUT2D eigenvalue weighted by Crippen LogP contribution is -2.47. The van der Waals surface area contributed by atoms with Crippen molar-refractivity contribution in [2.24, 2.45) is 11.8 Å². The quantitative estimate of drug-likeness (QED) is 0.793. The van der Waals surface area contributed by atoms with E-state index in [1.165, 1.54) is 19.3 Å². The third kappa shape index (κ3) is 2.89. The van der Waals surface area contributed by atoms with Crippen LogP contribution in [0.1, 0.15) is 26.2 Å². The van der Waals surface area contributed by atoms with Crippen LogP contribution in [0.3, 0.4) is 0 Å². The van der Waals surface area contributed by atoms with Gasteiger partial charge in [0.15, 0.2) is 0 Å². The molecule has 1 aromatic rings. The van der Waals surface area contributed by atoms with Gasteiger partial charge in [0.2, 0.25) is 5.91 Å². The second-order valence-corrected chi connectivity index (χ2v) is 6.15. The third-order valence-electron chi connectivity index (χ3n) is 4.44. The number of carbonyl (C=O) groups excluding carboxylic acids is 1. The van der Waals surface area contributed by atoms with Crippen LogP contribution >= 0.6 is 0 Å². The summed E-state index contributed by atoms with van der Waals surface area (Å²) in [6.07, 6.45) is 3.80. The first-order valence-corrected chi connectivity index (χ1v) is 7.59. The number of carbonyl (C=O) groups is 1. The molecule has 0 radical (unpaired) electrons. The highest BCUT2D eigenvalue weighted by atomic mass is 16.2. The van der Waals surface area contributed by atoms with E-state index in [1.807, 2.05) is 24.3 Å². The van der Waals surface area contributed by atoms with Crippen LogP contribution < -0.4 is 16.0 Å². The van der Waals surface area contributed by atoms with Crippen LogP contribution in [0.5, 0.6) is 0 Å². The van der Waals surface area contributed by atoms with Gasteiger partial charge in [-0.25, -0.2) is 0 Å². The van der Waals surface area contributed by atoms with Gasteiger partial charge in [0.1, 0.15) is 6.04 Å². The van der Waals surface area contributed by atoms with E-state index in [4.69, 9.17) is 0 Å². The molecular formula is C16H23N3O. The van der Waals surface area contributed by atoms with Gasteiger partial charge in [0.25, 0.3) is 0 Å². The predicted octanol–water partition coefficient (Wildman–Crippen LogP) is 2.44. The number of amides is 1. The Morgan fingerprint density at radius 2 is 2.10 bits per heavy atom. The van der Waals surface area contributed by atoms with Crippen molar-refractivity contribution in [3.8, 4) is 0 Å². The zero-order valence-corrected chi connectivity index (χ0v) is 12.0. The largest absolute Gasteiger partial charge is 0.381 e. The predicted molar refractivity (Wildman–Crippen MR) is 81.9 cm³/mol. The first-order valence-electron chi connectivity index (χ1n) is 7.59. The van der Waals surface area contributed by atoms with E-state index in [2.05, 4.69) is 22.9 Å². The fourth-order valence-corrected chi connectivity index (χ4v) is 3.25. The fourth-order valence-electron chi connectivity index (χ4n) is 3.25. The van der Waals surface area contributed by atoms with Crippen LogP contribution in [0.25, 0.3) is 0 Å². The zero-order chi connectivity index (χ0) is 13.9. The molecule has 1 aliphatic heterocycles. The van der Waals surface area contributed by atoms with E-state index in [0.717, 1.165) is 23.8 Å². The van der Waals surface area contributed by atoms with E-state index in [-0.39, 0.29) is 11.9 Å². The summed E-state index contributed by atoms with van der Waals surface area (Å²) in [5, 5.41) is 9.72. The van der Waals surface area contributed by atoms with Gasteiger partial charge in [-0.2, -0.15) is 0 Å². The van der Waals surface area contributed by atoms with Gasteiger partial charge in [-0.15, -0.1) is 0 Å². The number of hydrogen-bond acceptors (Lipinski definition) is 3. The Labute approximate surface area is 120 Å². The van der Waals surface area contributed by atoms with E-state index >= 15 is 0 Å². The van der Waals surface area contributed by atoms with E-state index in [1.54, 1.807) is 0 Å². The second-order valence-electron chi connectivity index (χ2n) is 6.15. The molecule has 3 unspecified atom stereocenters. The normalized spacial score (nSPS) is 28.1. The Bertz CT molecular complexity index is 488. The van der Waals surface area contributed by atoms with Crippen LogP contribution in [0.4, 0.5) is 11.4 Å². The van der Waals surface area contributed by atoms with E-state index < -0.39 is 0 Å². The SMILES string of the molecule is CC1CCC(CNC(=O)C2CNc3ccccc3N2)C1. The Hall–Kier alpha value is -1.71.